The molecule has 0 spiro atoms. The van der Waals surface area contributed by atoms with E-state index in [0.29, 0.717) is 0 Å². The molecule has 2 aromatic carbocycles. The Kier molecular flexibility index (Phi) is 5.46. The van der Waals surface area contributed by atoms with E-state index in [1.54, 1.807) is 6.07 Å². The number of rotatable bonds is 4. The van der Waals surface area contributed by atoms with Crippen LogP contribution in [0.4, 0.5) is 24.5 Å². The number of carbonyl (C=O) groups excluding carboxylic acids is 1. The third-order valence-electron chi connectivity index (χ3n) is 3.70. The lowest BCUT2D eigenvalue weighted by molar-refractivity contribution is -0.242. The molecule has 11 heteroatoms. The summed E-state index contributed by atoms with van der Waals surface area (Å²) in [6, 6.07) is 8.72. The van der Waals surface area contributed by atoms with Gasteiger partial charge in [0, 0.05) is 0 Å². The smallest absolute Gasteiger partial charge is 0.398 e. The molecule has 4 N–H and O–H groups in total. The highest BCUT2D eigenvalue weighted by Gasteiger charge is 2.55. The minimum atomic E-state index is -5.21. The van der Waals surface area contributed by atoms with Crippen molar-refractivity contribution in [3.8, 4) is 0 Å². The molecule has 6 nitrogen and oxygen atoms in total. The monoisotopic (exact) mass is 422 g/mol. The molecular weight excluding hydrogens is 409 g/mol. The third kappa shape index (κ3) is 4.02. The molecule has 0 fully saturated rings. The van der Waals surface area contributed by atoms with Crippen LogP contribution in [-0.2, 0) is 14.6 Å². The Morgan fingerprint density at radius 2 is 1.78 bits per heavy atom. The molecule has 0 saturated heterocycles. The lowest BCUT2D eigenvalue weighted by atomic mass is 10.1. The van der Waals surface area contributed by atoms with Crippen LogP contribution in [0.5, 0.6) is 0 Å². The fourth-order valence-electron chi connectivity index (χ4n) is 1.99. The van der Waals surface area contributed by atoms with E-state index in [9.17, 15) is 31.5 Å². The second-order valence-electron chi connectivity index (χ2n) is 5.71. The fourth-order valence-corrected chi connectivity index (χ4v) is 3.69. The highest BCUT2D eigenvalue weighted by atomic mass is 35.5. The summed E-state index contributed by atoms with van der Waals surface area (Å²) < 4.78 is 63.3. The van der Waals surface area contributed by atoms with Gasteiger partial charge in [0.2, 0.25) is 15.4 Å². The number of nitrogens with one attached hydrogen (secondary N) is 1. The van der Waals surface area contributed by atoms with E-state index >= 15 is 0 Å². The highest BCUT2D eigenvalue weighted by molar-refractivity contribution is 7.91. The summed E-state index contributed by atoms with van der Waals surface area (Å²) >= 11 is 5.90. The maximum atomic E-state index is 12.7. The molecule has 0 heterocycles. The Bertz CT molecular complexity index is 991. The van der Waals surface area contributed by atoms with E-state index < -0.39 is 27.5 Å². The van der Waals surface area contributed by atoms with Gasteiger partial charge in [0.25, 0.3) is 5.91 Å². The van der Waals surface area contributed by atoms with E-state index in [1.165, 1.54) is 18.2 Å². The second kappa shape index (κ2) is 7.02. The number of anilines is 2. The van der Waals surface area contributed by atoms with Gasteiger partial charge in [0.1, 0.15) is 0 Å². The van der Waals surface area contributed by atoms with E-state index in [-0.39, 0.29) is 33.1 Å². The zero-order chi connectivity index (χ0) is 20.6. The average molecular weight is 423 g/mol. The van der Waals surface area contributed by atoms with Gasteiger partial charge in [-0.05, 0) is 37.3 Å². The number of halogens is 4. The molecule has 0 aliphatic heterocycles. The van der Waals surface area contributed by atoms with Crippen molar-refractivity contribution in [2.75, 3.05) is 11.1 Å². The molecule has 1 atom stereocenters. The number of benzene rings is 2. The van der Waals surface area contributed by atoms with Crippen molar-refractivity contribution in [2.45, 2.75) is 28.5 Å². The number of hydrogen-bond acceptors (Lipinski definition) is 5. The van der Waals surface area contributed by atoms with Crippen molar-refractivity contribution in [1.29, 1.82) is 0 Å². The van der Waals surface area contributed by atoms with Gasteiger partial charge in [-0.25, -0.2) is 8.42 Å². The average Bonchev–Trinajstić information content (AvgIpc) is 2.55. The first-order valence-corrected chi connectivity index (χ1v) is 9.14. The minimum Gasteiger partial charge on any atom is -0.398 e. The molecule has 0 aliphatic carbocycles. The Labute approximate surface area is 157 Å². The molecule has 0 unspecified atom stereocenters. The zero-order valence-electron chi connectivity index (χ0n) is 13.7. The largest absolute Gasteiger partial charge is 0.426 e. The van der Waals surface area contributed by atoms with Crippen LogP contribution >= 0.6 is 11.6 Å². The quantitative estimate of drug-likeness (QED) is 0.656. The number of carbonyl (C=O) groups is 1. The topological polar surface area (TPSA) is 109 Å². The van der Waals surface area contributed by atoms with Crippen LogP contribution in [0.25, 0.3) is 0 Å². The second-order valence-corrected chi connectivity index (χ2v) is 8.03. The molecule has 0 radical (unpaired) electrons. The van der Waals surface area contributed by atoms with Gasteiger partial charge in [-0.2, -0.15) is 13.2 Å². The first kappa shape index (κ1) is 21.0. The normalized spacial score (nSPS) is 14.4. The number of alkyl halides is 3. The van der Waals surface area contributed by atoms with Crippen LogP contribution in [0.1, 0.15) is 6.92 Å². The van der Waals surface area contributed by atoms with E-state index in [1.807, 2.05) is 5.32 Å². The molecule has 0 aliphatic rings. The summed E-state index contributed by atoms with van der Waals surface area (Å²) in [5, 5.41) is 10.8. The van der Waals surface area contributed by atoms with Gasteiger partial charge >= 0.3 is 6.18 Å². The SMILES string of the molecule is C[C@@](O)(C(=O)Nc1ccc(S(=O)(=O)c2ccccc2N)cc1Cl)C(F)(F)F. The van der Waals surface area contributed by atoms with Crippen molar-refractivity contribution in [3.63, 3.8) is 0 Å². The molecule has 146 valence electrons. The van der Waals surface area contributed by atoms with Crippen LogP contribution in [0.2, 0.25) is 5.02 Å². The first-order valence-electron chi connectivity index (χ1n) is 7.28. The maximum absolute atomic E-state index is 12.7. The summed E-state index contributed by atoms with van der Waals surface area (Å²) in [7, 11) is -4.04. The number of sulfone groups is 1. The number of nitrogen functional groups attached to an aromatic ring is 1. The van der Waals surface area contributed by atoms with Crippen molar-refractivity contribution < 1.29 is 31.5 Å². The van der Waals surface area contributed by atoms with Gasteiger partial charge in [-0.1, -0.05) is 23.7 Å². The van der Waals surface area contributed by atoms with Crippen molar-refractivity contribution in [2.24, 2.45) is 0 Å². The lowest BCUT2D eigenvalue weighted by Gasteiger charge is -2.25. The number of nitrogens with two attached hydrogens (primary N) is 1. The third-order valence-corrected chi connectivity index (χ3v) is 5.84. The standard InChI is InChI=1S/C16H14ClF3N2O4S/c1-15(24,16(18,19)20)14(23)22-12-7-6-9(8-10(12)17)27(25,26)13-5-3-2-4-11(13)21/h2-8,24H,21H2,1H3,(H,22,23)/t15-/m1/s1. The van der Waals surface area contributed by atoms with Gasteiger partial charge in [-0.3, -0.25) is 4.79 Å². The molecule has 1 amide bonds. The molecule has 27 heavy (non-hydrogen) atoms. The molecule has 0 bridgehead atoms. The summed E-state index contributed by atoms with van der Waals surface area (Å²) in [6.45, 7) is 0.285. The predicted octanol–water partition coefficient (Wildman–Crippen LogP) is 3.01. The summed E-state index contributed by atoms with van der Waals surface area (Å²) in [5.41, 5.74) is 1.72. The number of aliphatic hydroxyl groups is 1. The Balaban J connectivity index is 2.37. The van der Waals surface area contributed by atoms with E-state index in [2.05, 4.69) is 0 Å². The van der Waals surface area contributed by atoms with Crippen LogP contribution in [0, 0.1) is 0 Å². The summed E-state index contributed by atoms with van der Waals surface area (Å²) in [6.07, 6.45) is -5.21. The summed E-state index contributed by atoms with van der Waals surface area (Å²) in [4.78, 5) is 11.3. The van der Waals surface area contributed by atoms with Crippen LogP contribution in [-0.4, -0.2) is 31.2 Å². The van der Waals surface area contributed by atoms with Crippen molar-refractivity contribution >= 4 is 38.7 Å². The number of amides is 1. The first-order chi connectivity index (χ1) is 12.3. The maximum Gasteiger partial charge on any atom is 0.426 e. The molecule has 0 aromatic heterocycles. The molecule has 0 saturated carbocycles. The van der Waals surface area contributed by atoms with E-state index in [0.717, 1.165) is 18.2 Å². The highest BCUT2D eigenvalue weighted by Crippen LogP contribution is 2.34. The van der Waals surface area contributed by atoms with Crippen LogP contribution in [0.15, 0.2) is 52.3 Å². The number of hydrogen-bond donors (Lipinski definition) is 3. The van der Waals surface area contributed by atoms with Gasteiger partial charge in [0.15, 0.2) is 0 Å². The Morgan fingerprint density at radius 3 is 2.30 bits per heavy atom. The fraction of sp³-hybridized carbons (Fsp3) is 0.188. The summed E-state index contributed by atoms with van der Waals surface area (Å²) in [5.74, 6) is -1.76. The molecule has 2 rings (SSSR count). The van der Waals surface area contributed by atoms with Gasteiger partial charge < -0.3 is 16.2 Å². The van der Waals surface area contributed by atoms with Crippen LogP contribution in [0.3, 0.4) is 0 Å². The minimum absolute atomic E-state index is 0.00669. The van der Waals surface area contributed by atoms with Crippen molar-refractivity contribution in [1.82, 2.24) is 0 Å². The molecule has 2 aromatic rings. The Morgan fingerprint density at radius 1 is 1.19 bits per heavy atom. The molecular formula is C16H14ClF3N2O4S. The predicted molar refractivity (Wildman–Crippen MR) is 93.1 cm³/mol. The lowest BCUT2D eigenvalue weighted by Crippen LogP contribution is -2.52. The van der Waals surface area contributed by atoms with Gasteiger partial charge in [-0.15, -0.1) is 0 Å². The van der Waals surface area contributed by atoms with Gasteiger partial charge in [0.05, 0.1) is 26.2 Å². The van der Waals surface area contributed by atoms with Crippen LogP contribution < -0.4 is 11.1 Å². The zero-order valence-corrected chi connectivity index (χ0v) is 15.3. The van der Waals surface area contributed by atoms with E-state index in [4.69, 9.17) is 17.3 Å². The number of para-hydroxylation sites is 1. The Hall–Kier alpha value is -2.30. The van der Waals surface area contributed by atoms with Crippen molar-refractivity contribution in [3.05, 3.63) is 47.5 Å².